The lowest BCUT2D eigenvalue weighted by molar-refractivity contribution is 0.101. The van der Waals surface area contributed by atoms with Crippen LogP contribution in [0.4, 0.5) is 11.4 Å². The van der Waals surface area contributed by atoms with Crippen LogP contribution in [0.25, 0.3) is 0 Å². The van der Waals surface area contributed by atoms with Gasteiger partial charge in [-0.2, -0.15) is 0 Å². The number of nitrogen functional groups attached to an aromatic ring is 1. The smallest absolute Gasteiger partial charge is 0.161 e. The van der Waals surface area contributed by atoms with Gasteiger partial charge in [-0.3, -0.25) is 4.79 Å². The van der Waals surface area contributed by atoms with Crippen LogP contribution < -0.4 is 10.6 Å². The molecule has 1 aromatic rings. The van der Waals surface area contributed by atoms with Gasteiger partial charge in [-0.1, -0.05) is 0 Å². The zero-order chi connectivity index (χ0) is 12.4. The Bertz CT molecular complexity index is 431. The van der Waals surface area contributed by atoms with Crippen LogP contribution in [0.5, 0.6) is 0 Å². The molecule has 0 radical (unpaired) electrons. The Kier molecular flexibility index (Phi) is 3.33. The summed E-state index contributed by atoms with van der Waals surface area (Å²) >= 11 is 0. The van der Waals surface area contributed by atoms with Gasteiger partial charge in [0.15, 0.2) is 5.78 Å². The fraction of sp³-hybridized carbons (Fsp3) is 0.462. The van der Waals surface area contributed by atoms with Crippen LogP contribution in [0, 0.1) is 0 Å². The maximum atomic E-state index is 11.4. The first-order chi connectivity index (χ1) is 8.11. The average Bonchev–Trinajstić information content (AvgIpc) is 2.78. The molecule has 0 saturated carbocycles. The minimum atomic E-state index is 0.00633. The van der Waals surface area contributed by atoms with Crippen LogP contribution in [-0.2, 0) is 4.74 Å². The fourth-order valence-electron chi connectivity index (χ4n) is 2.20. The van der Waals surface area contributed by atoms with Crippen LogP contribution in [0.3, 0.4) is 0 Å². The minimum absolute atomic E-state index is 0.00633. The number of Topliss-reactive ketones (excluding diaryl/α,β-unsaturated/α-hetero) is 1. The van der Waals surface area contributed by atoms with Gasteiger partial charge in [0.05, 0.1) is 6.10 Å². The first-order valence-electron chi connectivity index (χ1n) is 5.80. The Morgan fingerprint density at radius 1 is 1.53 bits per heavy atom. The van der Waals surface area contributed by atoms with Gasteiger partial charge in [-0.05, 0) is 31.5 Å². The number of methoxy groups -OCH3 is 1. The molecule has 0 aliphatic carbocycles. The van der Waals surface area contributed by atoms with Crippen molar-refractivity contribution in [2.45, 2.75) is 19.4 Å². The second-order valence-corrected chi connectivity index (χ2v) is 4.42. The number of carbonyl (C=O) groups is 1. The van der Waals surface area contributed by atoms with Gasteiger partial charge >= 0.3 is 0 Å². The number of nitrogens with zero attached hydrogens (tertiary/aromatic N) is 1. The lowest BCUT2D eigenvalue weighted by Gasteiger charge is -2.19. The lowest BCUT2D eigenvalue weighted by Crippen LogP contribution is -2.22. The highest BCUT2D eigenvalue weighted by atomic mass is 16.5. The normalized spacial score (nSPS) is 19.6. The largest absolute Gasteiger partial charge is 0.398 e. The second kappa shape index (κ2) is 4.75. The van der Waals surface area contributed by atoms with Gasteiger partial charge in [0, 0.05) is 37.1 Å². The van der Waals surface area contributed by atoms with Crippen molar-refractivity contribution in [3.8, 4) is 0 Å². The van der Waals surface area contributed by atoms with Gasteiger partial charge in [0.1, 0.15) is 0 Å². The van der Waals surface area contributed by atoms with Crippen molar-refractivity contribution in [3.05, 3.63) is 23.8 Å². The maximum absolute atomic E-state index is 11.4. The number of carbonyl (C=O) groups excluding carboxylic acids is 1. The molecule has 4 nitrogen and oxygen atoms in total. The maximum Gasteiger partial charge on any atom is 0.161 e. The SMILES string of the molecule is COC1CCN(c2ccc(N)c(C(C)=O)c2)C1. The first-order valence-corrected chi connectivity index (χ1v) is 5.80. The number of hydrogen-bond donors (Lipinski definition) is 1. The van der Waals surface area contributed by atoms with Crippen LogP contribution in [-0.4, -0.2) is 32.1 Å². The molecular formula is C13H18N2O2. The van der Waals surface area contributed by atoms with E-state index in [9.17, 15) is 4.79 Å². The summed E-state index contributed by atoms with van der Waals surface area (Å²) in [5.74, 6) is 0.00633. The van der Waals surface area contributed by atoms with E-state index in [0.29, 0.717) is 11.3 Å². The molecule has 1 fully saturated rings. The molecule has 1 aliphatic rings. The molecule has 0 aromatic heterocycles. The number of benzene rings is 1. The standard InChI is InChI=1S/C13H18N2O2/c1-9(16)12-7-10(3-4-13(12)14)15-6-5-11(8-15)17-2/h3-4,7,11H,5-6,8,14H2,1-2H3. The Hall–Kier alpha value is -1.55. The highest BCUT2D eigenvalue weighted by Gasteiger charge is 2.22. The van der Waals surface area contributed by atoms with Crippen LogP contribution >= 0.6 is 0 Å². The van der Waals surface area contributed by atoms with Crippen molar-refractivity contribution in [2.24, 2.45) is 0 Å². The summed E-state index contributed by atoms with van der Waals surface area (Å²) in [7, 11) is 1.73. The Labute approximate surface area is 101 Å². The summed E-state index contributed by atoms with van der Waals surface area (Å²) in [6, 6.07) is 5.63. The summed E-state index contributed by atoms with van der Waals surface area (Å²) in [4.78, 5) is 13.7. The summed E-state index contributed by atoms with van der Waals surface area (Å²) in [6.07, 6.45) is 1.31. The van der Waals surface area contributed by atoms with E-state index in [1.54, 1.807) is 13.2 Å². The van der Waals surface area contributed by atoms with Gasteiger partial charge in [-0.15, -0.1) is 0 Å². The average molecular weight is 234 g/mol. The topological polar surface area (TPSA) is 55.6 Å². The number of anilines is 2. The molecule has 17 heavy (non-hydrogen) atoms. The molecule has 1 heterocycles. The number of hydrogen-bond acceptors (Lipinski definition) is 4. The van der Waals surface area contributed by atoms with Crippen molar-refractivity contribution in [1.82, 2.24) is 0 Å². The van der Waals surface area contributed by atoms with E-state index in [1.165, 1.54) is 6.92 Å². The molecule has 1 saturated heterocycles. The number of ketones is 1. The van der Waals surface area contributed by atoms with Crippen molar-refractivity contribution in [3.63, 3.8) is 0 Å². The number of ether oxygens (including phenoxy) is 1. The zero-order valence-electron chi connectivity index (χ0n) is 10.3. The fourth-order valence-corrected chi connectivity index (χ4v) is 2.20. The Balaban J connectivity index is 2.22. The molecule has 2 N–H and O–H groups in total. The zero-order valence-corrected chi connectivity index (χ0v) is 10.3. The quantitative estimate of drug-likeness (QED) is 0.639. The van der Waals surface area contributed by atoms with E-state index >= 15 is 0 Å². The van der Waals surface area contributed by atoms with E-state index in [0.717, 1.165) is 25.2 Å². The molecule has 1 aromatic carbocycles. The van der Waals surface area contributed by atoms with E-state index in [-0.39, 0.29) is 11.9 Å². The molecule has 1 atom stereocenters. The summed E-state index contributed by atoms with van der Waals surface area (Å²) in [6.45, 7) is 3.37. The molecule has 1 unspecified atom stereocenters. The molecule has 4 heteroatoms. The molecule has 0 bridgehead atoms. The van der Waals surface area contributed by atoms with Crippen molar-refractivity contribution < 1.29 is 9.53 Å². The van der Waals surface area contributed by atoms with E-state index in [4.69, 9.17) is 10.5 Å². The predicted octanol–water partition coefficient (Wildman–Crippen LogP) is 1.70. The van der Waals surface area contributed by atoms with Crippen LogP contribution in [0.1, 0.15) is 23.7 Å². The van der Waals surface area contributed by atoms with E-state index < -0.39 is 0 Å². The molecule has 0 spiro atoms. The van der Waals surface area contributed by atoms with Gasteiger partial charge in [0.25, 0.3) is 0 Å². The first kappa shape index (κ1) is 11.9. The second-order valence-electron chi connectivity index (χ2n) is 4.42. The monoisotopic (exact) mass is 234 g/mol. The summed E-state index contributed by atoms with van der Waals surface area (Å²) < 4.78 is 5.33. The Morgan fingerprint density at radius 2 is 2.29 bits per heavy atom. The van der Waals surface area contributed by atoms with Crippen molar-refractivity contribution in [1.29, 1.82) is 0 Å². The van der Waals surface area contributed by atoms with Crippen molar-refractivity contribution in [2.75, 3.05) is 30.8 Å². The Morgan fingerprint density at radius 3 is 2.88 bits per heavy atom. The minimum Gasteiger partial charge on any atom is -0.398 e. The molecule has 2 rings (SSSR count). The highest BCUT2D eigenvalue weighted by molar-refractivity contribution is 6.00. The molecule has 1 aliphatic heterocycles. The molecular weight excluding hydrogens is 216 g/mol. The third-order valence-electron chi connectivity index (χ3n) is 3.26. The highest BCUT2D eigenvalue weighted by Crippen LogP contribution is 2.25. The third-order valence-corrected chi connectivity index (χ3v) is 3.26. The van der Waals surface area contributed by atoms with Crippen molar-refractivity contribution >= 4 is 17.2 Å². The third kappa shape index (κ3) is 2.42. The van der Waals surface area contributed by atoms with Crippen LogP contribution in [0.2, 0.25) is 0 Å². The molecule has 0 amide bonds. The van der Waals surface area contributed by atoms with E-state index in [1.807, 2.05) is 12.1 Å². The number of rotatable bonds is 3. The van der Waals surface area contributed by atoms with Gasteiger partial charge in [-0.25, -0.2) is 0 Å². The van der Waals surface area contributed by atoms with E-state index in [2.05, 4.69) is 4.90 Å². The number of nitrogens with two attached hydrogens (primary N) is 1. The molecule has 92 valence electrons. The lowest BCUT2D eigenvalue weighted by atomic mass is 10.1. The van der Waals surface area contributed by atoms with Gasteiger partial charge < -0.3 is 15.4 Å². The summed E-state index contributed by atoms with van der Waals surface area (Å²) in [5, 5.41) is 0. The van der Waals surface area contributed by atoms with Gasteiger partial charge in [0.2, 0.25) is 0 Å². The predicted molar refractivity (Wildman–Crippen MR) is 68.5 cm³/mol. The van der Waals surface area contributed by atoms with Crippen LogP contribution in [0.15, 0.2) is 18.2 Å². The summed E-state index contributed by atoms with van der Waals surface area (Å²) in [5.41, 5.74) is 7.97.